The van der Waals surface area contributed by atoms with Crippen molar-refractivity contribution in [2.45, 2.75) is 32.7 Å². The molecule has 122 valence electrons. The van der Waals surface area contributed by atoms with Crippen LogP contribution in [0.4, 0.5) is 10.1 Å². The summed E-state index contributed by atoms with van der Waals surface area (Å²) in [5.41, 5.74) is 3.08. The highest BCUT2D eigenvalue weighted by Crippen LogP contribution is 2.26. The highest BCUT2D eigenvalue weighted by molar-refractivity contribution is 6.05. The first kappa shape index (κ1) is 15.7. The van der Waals surface area contributed by atoms with Gasteiger partial charge in [-0.05, 0) is 36.1 Å². The van der Waals surface area contributed by atoms with E-state index in [0.717, 1.165) is 12.1 Å². The minimum absolute atomic E-state index is 0.122. The first-order valence-corrected chi connectivity index (χ1v) is 7.83. The van der Waals surface area contributed by atoms with Gasteiger partial charge in [0.1, 0.15) is 5.82 Å². The molecule has 0 unspecified atom stereocenters. The molecule has 5 nitrogen and oxygen atoms in total. The third kappa shape index (κ3) is 2.99. The van der Waals surface area contributed by atoms with Crippen LogP contribution in [0.1, 0.15) is 46.9 Å². The number of hydrogen-bond donors (Lipinski definition) is 2. The van der Waals surface area contributed by atoms with Gasteiger partial charge in [0.05, 0.1) is 16.9 Å². The van der Waals surface area contributed by atoms with Crippen molar-refractivity contribution in [3.05, 3.63) is 46.5 Å². The van der Waals surface area contributed by atoms with Crippen LogP contribution >= 0.6 is 0 Å². The molecule has 1 aliphatic rings. The molecule has 2 heterocycles. The van der Waals surface area contributed by atoms with Crippen LogP contribution in [0.15, 0.2) is 18.3 Å². The lowest BCUT2D eigenvalue weighted by molar-refractivity contribution is 0.102. The average Bonchev–Trinajstić information content (AvgIpc) is 2.93. The summed E-state index contributed by atoms with van der Waals surface area (Å²) < 4.78 is 16.2. The number of benzene rings is 1. The second-order valence-corrected chi connectivity index (χ2v) is 6.20. The highest BCUT2D eigenvalue weighted by Gasteiger charge is 2.21. The van der Waals surface area contributed by atoms with Gasteiger partial charge in [-0.25, -0.2) is 4.39 Å². The van der Waals surface area contributed by atoms with Crippen LogP contribution in [0.2, 0.25) is 0 Å². The summed E-state index contributed by atoms with van der Waals surface area (Å²) in [7, 11) is 1.77. The molecule has 2 N–H and O–H groups in total. The van der Waals surface area contributed by atoms with E-state index in [0.29, 0.717) is 29.8 Å². The van der Waals surface area contributed by atoms with E-state index < -0.39 is 0 Å². The van der Waals surface area contributed by atoms with Crippen LogP contribution in [0.3, 0.4) is 0 Å². The van der Waals surface area contributed by atoms with Gasteiger partial charge >= 0.3 is 0 Å². The number of aryl methyl sites for hydroxylation is 1. The normalized spacial score (nSPS) is 14.0. The van der Waals surface area contributed by atoms with Crippen LogP contribution in [0.5, 0.6) is 0 Å². The van der Waals surface area contributed by atoms with Gasteiger partial charge in [-0.2, -0.15) is 5.10 Å². The maximum atomic E-state index is 14.6. The summed E-state index contributed by atoms with van der Waals surface area (Å²) in [4.78, 5) is 12.5. The van der Waals surface area contributed by atoms with Crippen molar-refractivity contribution in [1.82, 2.24) is 15.1 Å². The summed E-state index contributed by atoms with van der Waals surface area (Å²) in [6.07, 6.45) is 2.31. The molecule has 0 aliphatic carbocycles. The molecule has 6 heteroatoms. The van der Waals surface area contributed by atoms with Crippen LogP contribution in [-0.4, -0.2) is 22.2 Å². The van der Waals surface area contributed by atoms with Crippen molar-refractivity contribution in [2.24, 2.45) is 7.05 Å². The molecule has 23 heavy (non-hydrogen) atoms. The SMILES string of the molecule is CC(C)c1nn(C)cc1C(=O)Nc1ccc2c(c1F)CCNC2. The molecule has 3 rings (SSSR count). The predicted molar refractivity (Wildman–Crippen MR) is 87.1 cm³/mol. The second kappa shape index (κ2) is 6.12. The van der Waals surface area contributed by atoms with Crippen molar-refractivity contribution in [1.29, 1.82) is 0 Å². The number of aromatic nitrogens is 2. The summed E-state index contributed by atoms with van der Waals surface area (Å²) in [6, 6.07) is 3.50. The average molecular weight is 316 g/mol. The van der Waals surface area contributed by atoms with Gasteiger partial charge in [-0.3, -0.25) is 9.48 Å². The molecule has 0 atom stereocenters. The molecule has 1 aromatic heterocycles. The summed E-state index contributed by atoms with van der Waals surface area (Å²) in [5, 5.41) is 10.2. The zero-order chi connectivity index (χ0) is 16.6. The van der Waals surface area contributed by atoms with Gasteiger partial charge in [-0.1, -0.05) is 19.9 Å². The van der Waals surface area contributed by atoms with Gasteiger partial charge in [0.25, 0.3) is 5.91 Å². The fourth-order valence-corrected chi connectivity index (χ4v) is 2.93. The van der Waals surface area contributed by atoms with Gasteiger partial charge in [0.2, 0.25) is 0 Å². The standard InChI is InChI=1S/C17H21FN4O/c1-10(2)16-13(9-22(3)21-16)17(23)20-14-5-4-11-8-19-7-6-12(11)15(14)18/h4-5,9-10,19H,6-8H2,1-3H3,(H,20,23). The van der Waals surface area contributed by atoms with Gasteiger partial charge in [-0.15, -0.1) is 0 Å². The van der Waals surface area contributed by atoms with E-state index in [4.69, 9.17) is 0 Å². The minimum Gasteiger partial charge on any atom is -0.319 e. The molecule has 2 aromatic rings. The number of carbonyl (C=O) groups is 1. The maximum Gasteiger partial charge on any atom is 0.259 e. The zero-order valence-electron chi connectivity index (χ0n) is 13.6. The van der Waals surface area contributed by atoms with E-state index in [1.165, 1.54) is 0 Å². The molecular formula is C17H21FN4O. The van der Waals surface area contributed by atoms with E-state index in [1.54, 1.807) is 24.0 Å². The summed E-state index contributed by atoms with van der Waals surface area (Å²) in [5.74, 6) is -0.529. The number of fused-ring (bicyclic) bond motifs is 1. The van der Waals surface area contributed by atoms with E-state index >= 15 is 0 Å². The Morgan fingerprint density at radius 3 is 2.96 bits per heavy atom. The number of nitrogens with one attached hydrogen (secondary N) is 2. The third-order valence-corrected chi connectivity index (χ3v) is 4.10. The minimum atomic E-state index is -0.327. The summed E-state index contributed by atoms with van der Waals surface area (Å²) in [6.45, 7) is 5.37. The van der Waals surface area contributed by atoms with Crippen LogP contribution in [-0.2, 0) is 20.0 Å². The quantitative estimate of drug-likeness (QED) is 0.915. The van der Waals surface area contributed by atoms with Gasteiger partial charge in [0, 0.05) is 19.8 Å². The first-order chi connectivity index (χ1) is 11.0. The monoisotopic (exact) mass is 316 g/mol. The molecule has 0 fully saturated rings. The van der Waals surface area contributed by atoms with E-state index in [1.807, 2.05) is 19.9 Å². The topological polar surface area (TPSA) is 59.0 Å². The maximum absolute atomic E-state index is 14.6. The molecule has 0 radical (unpaired) electrons. The molecule has 0 bridgehead atoms. The van der Waals surface area contributed by atoms with E-state index in [-0.39, 0.29) is 23.3 Å². The van der Waals surface area contributed by atoms with Crippen molar-refractivity contribution in [2.75, 3.05) is 11.9 Å². The fraction of sp³-hybridized carbons (Fsp3) is 0.412. The Morgan fingerprint density at radius 2 is 2.22 bits per heavy atom. The van der Waals surface area contributed by atoms with Crippen molar-refractivity contribution < 1.29 is 9.18 Å². The van der Waals surface area contributed by atoms with Crippen molar-refractivity contribution in [3.8, 4) is 0 Å². The Hall–Kier alpha value is -2.21. The van der Waals surface area contributed by atoms with Crippen molar-refractivity contribution in [3.63, 3.8) is 0 Å². The number of anilines is 1. The van der Waals surface area contributed by atoms with Gasteiger partial charge in [0.15, 0.2) is 0 Å². The lowest BCUT2D eigenvalue weighted by atomic mass is 9.99. The molecule has 0 saturated carbocycles. The largest absolute Gasteiger partial charge is 0.319 e. The summed E-state index contributed by atoms with van der Waals surface area (Å²) >= 11 is 0. The molecule has 1 amide bonds. The highest BCUT2D eigenvalue weighted by atomic mass is 19.1. The number of halogens is 1. The van der Waals surface area contributed by atoms with Crippen LogP contribution in [0, 0.1) is 5.82 Å². The molecule has 1 aliphatic heterocycles. The van der Waals surface area contributed by atoms with E-state index in [2.05, 4.69) is 15.7 Å². The Labute approximate surface area is 134 Å². The van der Waals surface area contributed by atoms with E-state index in [9.17, 15) is 9.18 Å². The molecule has 0 saturated heterocycles. The Bertz CT molecular complexity index is 751. The Kier molecular flexibility index (Phi) is 4.17. The smallest absolute Gasteiger partial charge is 0.259 e. The molecule has 1 aromatic carbocycles. The number of rotatable bonds is 3. The Balaban J connectivity index is 1.89. The van der Waals surface area contributed by atoms with Crippen LogP contribution in [0.25, 0.3) is 0 Å². The van der Waals surface area contributed by atoms with Gasteiger partial charge < -0.3 is 10.6 Å². The fourth-order valence-electron chi connectivity index (χ4n) is 2.93. The third-order valence-electron chi connectivity index (χ3n) is 4.10. The molecule has 0 spiro atoms. The zero-order valence-corrected chi connectivity index (χ0v) is 13.6. The predicted octanol–water partition coefficient (Wildman–Crippen LogP) is 2.58. The van der Waals surface area contributed by atoms with Crippen LogP contribution < -0.4 is 10.6 Å². The number of carbonyl (C=O) groups excluding carboxylic acids is 1. The first-order valence-electron chi connectivity index (χ1n) is 7.83. The number of nitrogens with zero attached hydrogens (tertiary/aromatic N) is 2. The lowest BCUT2D eigenvalue weighted by Gasteiger charge is -2.19. The number of hydrogen-bond acceptors (Lipinski definition) is 3. The Morgan fingerprint density at radius 1 is 1.43 bits per heavy atom. The number of amides is 1. The second-order valence-electron chi connectivity index (χ2n) is 6.20. The van der Waals surface area contributed by atoms with Crippen molar-refractivity contribution >= 4 is 11.6 Å². The molecular weight excluding hydrogens is 295 g/mol. The lowest BCUT2D eigenvalue weighted by Crippen LogP contribution is -2.25.